The summed E-state index contributed by atoms with van der Waals surface area (Å²) in [6, 6.07) is 17.9. The minimum Gasteiger partial charge on any atom is -0.377 e. The number of benzene rings is 2. The second-order valence-corrected chi connectivity index (χ2v) is 9.54. The molecule has 2 aromatic carbocycles. The van der Waals surface area contributed by atoms with Crippen LogP contribution >= 0.6 is 0 Å². The summed E-state index contributed by atoms with van der Waals surface area (Å²) in [5.74, 6) is 1.52. The first-order chi connectivity index (χ1) is 19.2. The van der Waals surface area contributed by atoms with E-state index in [9.17, 15) is 4.79 Å². The molecule has 0 atom stereocenters. The van der Waals surface area contributed by atoms with Crippen molar-refractivity contribution in [3.05, 3.63) is 71.3 Å². The van der Waals surface area contributed by atoms with E-state index in [1.807, 2.05) is 18.2 Å². The van der Waals surface area contributed by atoms with Gasteiger partial charge in [0, 0.05) is 31.2 Å². The highest BCUT2D eigenvalue weighted by Gasteiger charge is 2.17. The molecule has 0 aliphatic heterocycles. The van der Waals surface area contributed by atoms with E-state index in [1.54, 1.807) is 12.1 Å². The Labute approximate surface area is 230 Å². The van der Waals surface area contributed by atoms with Gasteiger partial charge in [0.25, 0.3) is 5.91 Å². The zero-order valence-corrected chi connectivity index (χ0v) is 22.6. The van der Waals surface area contributed by atoms with Gasteiger partial charge in [-0.15, -0.1) is 0 Å². The second kappa shape index (κ2) is 15.6. The lowest BCUT2D eigenvalue weighted by atomic mass is 10.1. The van der Waals surface area contributed by atoms with E-state index in [1.165, 1.54) is 18.4 Å². The number of hydrogen-bond donors (Lipinski definition) is 4. The average Bonchev–Trinajstić information content (AvgIpc) is 3.47. The molecule has 4 rings (SSSR count). The third-order valence-corrected chi connectivity index (χ3v) is 6.36. The molecule has 1 amide bonds. The van der Waals surface area contributed by atoms with Crippen LogP contribution < -0.4 is 21.3 Å². The van der Waals surface area contributed by atoms with Crippen molar-refractivity contribution in [2.24, 2.45) is 0 Å². The molecule has 1 aromatic heterocycles. The maximum atomic E-state index is 12.0. The Balaban J connectivity index is 1.14. The van der Waals surface area contributed by atoms with E-state index in [2.05, 4.69) is 67.4 Å². The van der Waals surface area contributed by atoms with Crippen LogP contribution in [0.3, 0.4) is 0 Å². The second-order valence-electron chi connectivity index (χ2n) is 9.54. The predicted octanol–water partition coefficient (Wildman–Crippen LogP) is 4.02. The van der Waals surface area contributed by atoms with Crippen LogP contribution in [0.1, 0.15) is 47.2 Å². The molecule has 1 heterocycles. The van der Waals surface area contributed by atoms with Crippen LogP contribution in [0.4, 0.5) is 17.8 Å². The third-order valence-electron chi connectivity index (χ3n) is 6.36. The molecule has 10 heteroatoms. The fraction of sp³-hybridized carbons (Fsp3) is 0.448. The number of aromatic nitrogens is 3. The molecule has 4 N–H and O–H groups in total. The van der Waals surface area contributed by atoms with E-state index in [4.69, 9.17) is 9.47 Å². The topological polar surface area (TPSA) is 122 Å². The summed E-state index contributed by atoms with van der Waals surface area (Å²) < 4.78 is 11.2. The molecule has 0 spiro atoms. The van der Waals surface area contributed by atoms with Crippen molar-refractivity contribution in [3.8, 4) is 0 Å². The summed E-state index contributed by atoms with van der Waals surface area (Å²) in [5, 5.41) is 12.9. The molecule has 208 valence electrons. The lowest BCUT2D eigenvalue weighted by molar-refractivity contribution is 0.0519. The summed E-state index contributed by atoms with van der Waals surface area (Å²) in [6.07, 6.45) is 4.73. The van der Waals surface area contributed by atoms with Crippen molar-refractivity contribution in [2.45, 2.75) is 45.2 Å². The first-order valence-electron chi connectivity index (χ1n) is 13.7. The van der Waals surface area contributed by atoms with Crippen LogP contribution in [0, 0.1) is 6.92 Å². The van der Waals surface area contributed by atoms with Gasteiger partial charge in [-0.25, -0.2) is 0 Å². The zero-order valence-electron chi connectivity index (χ0n) is 22.6. The predicted molar refractivity (Wildman–Crippen MR) is 153 cm³/mol. The summed E-state index contributed by atoms with van der Waals surface area (Å²) in [4.78, 5) is 25.7. The number of amides is 1. The first kappa shape index (κ1) is 28.3. The van der Waals surface area contributed by atoms with Gasteiger partial charge in [-0.3, -0.25) is 4.79 Å². The van der Waals surface area contributed by atoms with Crippen LogP contribution in [-0.2, 0) is 16.0 Å². The van der Waals surface area contributed by atoms with E-state index in [0.717, 1.165) is 18.4 Å². The van der Waals surface area contributed by atoms with Crippen molar-refractivity contribution in [1.82, 2.24) is 20.3 Å². The van der Waals surface area contributed by atoms with E-state index in [0.29, 0.717) is 75.5 Å². The Bertz CT molecular complexity index is 1140. The number of ether oxygens (including phenoxy) is 2. The van der Waals surface area contributed by atoms with Gasteiger partial charge < -0.3 is 30.7 Å². The number of nitrogens with one attached hydrogen (secondary N) is 4. The van der Waals surface area contributed by atoms with Crippen molar-refractivity contribution in [3.63, 3.8) is 0 Å². The molecule has 1 saturated carbocycles. The average molecular weight is 534 g/mol. The number of carbonyl (C=O) groups excluding carboxylic acids is 1. The number of carbonyl (C=O) groups is 1. The van der Waals surface area contributed by atoms with Crippen LogP contribution in [0.25, 0.3) is 0 Å². The van der Waals surface area contributed by atoms with Gasteiger partial charge in [0.05, 0.1) is 26.4 Å². The Morgan fingerprint density at radius 2 is 1.44 bits per heavy atom. The fourth-order valence-electron chi connectivity index (χ4n) is 4.22. The summed E-state index contributed by atoms with van der Waals surface area (Å²) in [6.45, 7) is 5.54. The normalized spacial score (nSPS) is 13.3. The van der Waals surface area contributed by atoms with Gasteiger partial charge in [0.1, 0.15) is 0 Å². The maximum Gasteiger partial charge on any atom is 0.251 e. The quantitative estimate of drug-likeness (QED) is 0.202. The molecule has 3 aromatic rings. The molecule has 1 aliphatic carbocycles. The third kappa shape index (κ3) is 10.1. The van der Waals surface area contributed by atoms with Crippen LogP contribution in [0.5, 0.6) is 0 Å². The van der Waals surface area contributed by atoms with Gasteiger partial charge >= 0.3 is 0 Å². The SMILES string of the molecule is Cc1ccc(CNc2nc(NCCOCCOCCNC(=O)c3ccccc3)nc(NC3CCCC3)n2)cc1. The molecule has 10 nitrogen and oxygen atoms in total. The maximum absolute atomic E-state index is 12.0. The largest absolute Gasteiger partial charge is 0.377 e. The summed E-state index contributed by atoms with van der Waals surface area (Å²) in [7, 11) is 0. The monoisotopic (exact) mass is 533 g/mol. The smallest absolute Gasteiger partial charge is 0.251 e. The molecule has 0 radical (unpaired) electrons. The first-order valence-corrected chi connectivity index (χ1v) is 13.7. The molecular weight excluding hydrogens is 494 g/mol. The minimum atomic E-state index is -0.102. The van der Waals surface area contributed by atoms with Crippen molar-refractivity contribution < 1.29 is 14.3 Å². The molecule has 1 fully saturated rings. The number of nitrogens with zero attached hydrogens (tertiary/aromatic N) is 3. The molecule has 0 unspecified atom stereocenters. The highest BCUT2D eigenvalue weighted by Crippen LogP contribution is 2.21. The molecule has 0 saturated heterocycles. The minimum absolute atomic E-state index is 0.102. The Kier molecular flexibility index (Phi) is 11.3. The van der Waals surface area contributed by atoms with Gasteiger partial charge in [0.15, 0.2) is 0 Å². The molecule has 1 aliphatic rings. The Morgan fingerprint density at radius 3 is 2.15 bits per heavy atom. The molecular formula is C29H39N7O3. The van der Waals surface area contributed by atoms with Crippen LogP contribution in [0.15, 0.2) is 54.6 Å². The lowest BCUT2D eigenvalue weighted by Gasteiger charge is -2.15. The van der Waals surface area contributed by atoms with Gasteiger partial charge in [-0.1, -0.05) is 60.9 Å². The Morgan fingerprint density at radius 1 is 0.795 bits per heavy atom. The van der Waals surface area contributed by atoms with Gasteiger partial charge in [-0.2, -0.15) is 15.0 Å². The van der Waals surface area contributed by atoms with Gasteiger partial charge in [-0.05, 0) is 37.5 Å². The van der Waals surface area contributed by atoms with Crippen LogP contribution in [-0.4, -0.2) is 66.4 Å². The highest BCUT2D eigenvalue weighted by atomic mass is 16.5. The lowest BCUT2D eigenvalue weighted by Crippen LogP contribution is -2.27. The number of aryl methyl sites for hydroxylation is 1. The number of anilines is 3. The fourth-order valence-corrected chi connectivity index (χ4v) is 4.22. The highest BCUT2D eigenvalue weighted by molar-refractivity contribution is 5.94. The number of hydrogen-bond acceptors (Lipinski definition) is 9. The number of rotatable bonds is 16. The van der Waals surface area contributed by atoms with Crippen molar-refractivity contribution >= 4 is 23.8 Å². The standard InChI is InChI=1S/C29H39N7O3/c1-22-11-13-23(14-12-22)21-32-28-34-27(35-29(36-28)33-25-9-5-6-10-25)31-16-18-39-20-19-38-17-15-30-26(37)24-7-3-2-4-8-24/h2-4,7-8,11-14,25H,5-6,9-10,15-21H2,1H3,(H,30,37)(H3,31,32,33,34,35,36). The van der Waals surface area contributed by atoms with E-state index >= 15 is 0 Å². The van der Waals surface area contributed by atoms with Crippen molar-refractivity contribution in [2.75, 3.05) is 55.5 Å². The van der Waals surface area contributed by atoms with Crippen LogP contribution in [0.2, 0.25) is 0 Å². The van der Waals surface area contributed by atoms with Gasteiger partial charge in [0.2, 0.25) is 17.8 Å². The van der Waals surface area contributed by atoms with E-state index < -0.39 is 0 Å². The Hall–Kier alpha value is -3.76. The summed E-state index contributed by atoms with van der Waals surface area (Å²) in [5.41, 5.74) is 3.03. The zero-order chi connectivity index (χ0) is 27.1. The van der Waals surface area contributed by atoms with E-state index in [-0.39, 0.29) is 5.91 Å². The van der Waals surface area contributed by atoms with Crippen molar-refractivity contribution in [1.29, 1.82) is 0 Å². The molecule has 0 bridgehead atoms. The summed E-state index contributed by atoms with van der Waals surface area (Å²) >= 11 is 0. The molecule has 39 heavy (non-hydrogen) atoms.